The Labute approximate surface area is 194 Å². The van der Waals surface area contributed by atoms with Crippen LogP contribution in [0.1, 0.15) is 15.9 Å². The maximum Gasteiger partial charge on any atom is 0.326 e. The second-order valence-electron chi connectivity index (χ2n) is 6.99. The Balaban J connectivity index is 1.54. The smallest absolute Gasteiger partial charge is 0.326 e. The third-order valence-electron chi connectivity index (χ3n) is 4.47. The zero-order valence-electron chi connectivity index (χ0n) is 16.8. The topological polar surface area (TPSA) is 132 Å². The monoisotopic (exact) mass is 477 g/mol. The van der Waals surface area contributed by atoms with E-state index in [2.05, 4.69) is 26.3 Å². The molecule has 1 aliphatic heterocycles. The van der Waals surface area contributed by atoms with Crippen LogP contribution >= 0.6 is 23.2 Å². The van der Waals surface area contributed by atoms with Crippen molar-refractivity contribution < 1.29 is 19.5 Å². The van der Waals surface area contributed by atoms with Gasteiger partial charge in [-0.05, 0) is 42.0 Å². The first-order valence-electron chi connectivity index (χ1n) is 9.71. The number of nitrogens with one attached hydrogen (secondary N) is 4. The Hall–Kier alpha value is -3.30. The second kappa shape index (κ2) is 10.8. The standard InChI is InChI=1S/C21H21Cl2N5O4/c22-14-6-12(7-15(23)10-14)8-17(20(31)32)28-18(29)11-26-19(30)13-2-1-3-16(9-13)27-21-24-4-5-25-21/h1-3,6-7,9-10,17H,4-5,8,11H2,(H,26,30)(H,28,29)(H,31,32)(H2,24,25,27). The minimum Gasteiger partial charge on any atom is -0.480 e. The molecule has 2 aromatic carbocycles. The van der Waals surface area contributed by atoms with Gasteiger partial charge in [0.2, 0.25) is 5.91 Å². The highest BCUT2D eigenvalue weighted by Gasteiger charge is 2.21. The average Bonchev–Trinajstić information content (AvgIpc) is 3.24. The zero-order chi connectivity index (χ0) is 23.1. The maximum atomic E-state index is 12.4. The summed E-state index contributed by atoms with van der Waals surface area (Å²) in [6.45, 7) is 1.05. The van der Waals surface area contributed by atoms with Crippen LogP contribution < -0.4 is 21.3 Å². The molecule has 1 unspecified atom stereocenters. The molecule has 0 fully saturated rings. The van der Waals surface area contributed by atoms with Gasteiger partial charge in [0.1, 0.15) is 6.04 Å². The average molecular weight is 478 g/mol. The highest BCUT2D eigenvalue weighted by Crippen LogP contribution is 2.20. The first kappa shape index (κ1) is 23.4. The van der Waals surface area contributed by atoms with E-state index in [0.717, 1.165) is 6.54 Å². The summed E-state index contributed by atoms with van der Waals surface area (Å²) in [5, 5.41) is 21.2. The van der Waals surface area contributed by atoms with Crippen LogP contribution in [0.4, 0.5) is 5.69 Å². The number of nitrogens with zero attached hydrogens (tertiary/aromatic N) is 1. The van der Waals surface area contributed by atoms with Gasteiger partial charge >= 0.3 is 5.97 Å². The molecule has 32 heavy (non-hydrogen) atoms. The van der Waals surface area contributed by atoms with Gasteiger partial charge in [-0.2, -0.15) is 0 Å². The number of carboxylic acids is 1. The maximum absolute atomic E-state index is 12.4. The molecule has 0 spiro atoms. The van der Waals surface area contributed by atoms with Crippen LogP contribution in [0.5, 0.6) is 0 Å². The van der Waals surface area contributed by atoms with Crippen LogP contribution in [-0.4, -0.2) is 54.5 Å². The molecule has 0 aromatic heterocycles. The molecule has 3 rings (SSSR count). The summed E-state index contributed by atoms with van der Waals surface area (Å²) in [5.41, 5.74) is 1.57. The van der Waals surface area contributed by atoms with E-state index < -0.39 is 23.8 Å². The van der Waals surface area contributed by atoms with Crippen molar-refractivity contribution in [2.45, 2.75) is 12.5 Å². The minimum absolute atomic E-state index is 0.0130. The lowest BCUT2D eigenvalue weighted by Crippen LogP contribution is -2.46. The number of hydrogen-bond donors (Lipinski definition) is 5. The van der Waals surface area contributed by atoms with E-state index in [0.29, 0.717) is 39.4 Å². The summed E-state index contributed by atoms with van der Waals surface area (Å²) in [7, 11) is 0. The van der Waals surface area contributed by atoms with Crippen molar-refractivity contribution in [2.75, 3.05) is 25.0 Å². The number of halogens is 2. The summed E-state index contributed by atoms with van der Waals surface area (Å²) in [6.07, 6.45) is -0.0130. The van der Waals surface area contributed by atoms with Crippen molar-refractivity contribution in [1.82, 2.24) is 16.0 Å². The molecule has 1 heterocycles. The Morgan fingerprint density at radius 3 is 2.53 bits per heavy atom. The molecule has 5 N–H and O–H groups in total. The van der Waals surface area contributed by atoms with Crippen LogP contribution in [-0.2, 0) is 16.0 Å². The number of carboxylic acid groups (broad SMARTS) is 1. The van der Waals surface area contributed by atoms with E-state index in [9.17, 15) is 19.5 Å². The first-order chi connectivity index (χ1) is 15.3. The number of guanidine groups is 1. The van der Waals surface area contributed by atoms with Crippen LogP contribution in [0, 0.1) is 0 Å². The van der Waals surface area contributed by atoms with E-state index in [1.807, 2.05) is 0 Å². The Bertz CT molecular complexity index is 1040. The number of anilines is 1. The molecule has 0 bridgehead atoms. The molecule has 2 amide bonds. The Morgan fingerprint density at radius 1 is 1.12 bits per heavy atom. The molecule has 11 heteroatoms. The number of aliphatic carboxylic acids is 1. The Morgan fingerprint density at radius 2 is 1.88 bits per heavy atom. The molecule has 9 nitrogen and oxygen atoms in total. The predicted octanol–water partition coefficient (Wildman–Crippen LogP) is 1.91. The third kappa shape index (κ3) is 6.86. The molecule has 1 atom stereocenters. The fraction of sp³-hybridized carbons (Fsp3) is 0.238. The van der Waals surface area contributed by atoms with Gasteiger partial charge in [-0.25, -0.2) is 4.79 Å². The number of benzene rings is 2. The number of hydrogen-bond acceptors (Lipinski definition) is 6. The molecular weight excluding hydrogens is 457 g/mol. The van der Waals surface area contributed by atoms with Crippen LogP contribution in [0.3, 0.4) is 0 Å². The highest BCUT2D eigenvalue weighted by molar-refractivity contribution is 6.34. The van der Waals surface area contributed by atoms with Gasteiger partial charge in [0.15, 0.2) is 5.96 Å². The van der Waals surface area contributed by atoms with Crippen molar-refractivity contribution in [1.29, 1.82) is 0 Å². The van der Waals surface area contributed by atoms with E-state index in [1.165, 1.54) is 6.07 Å². The van der Waals surface area contributed by atoms with E-state index >= 15 is 0 Å². The molecule has 1 aliphatic rings. The van der Waals surface area contributed by atoms with Crippen LogP contribution in [0.2, 0.25) is 10.0 Å². The lowest BCUT2D eigenvalue weighted by atomic mass is 10.1. The van der Waals surface area contributed by atoms with Crippen molar-refractivity contribution in [3.05, 3.63) is 63.6 Å². The highest BCUT2D eigenvalue weighted by atomic mass is 35.5. The molecule has 2 aromatic rings. The predicted molar refractivity (Wildman–Crippen MR) is 122 cm³/mol. The molecule has 0 saturated heterocycles. The van der Waals surface area contributed by atoms with Crippen molar-refractivity contribution in [3.8, 4) is 0 Å². The quantitative estimate of drug-likeness (QED) is 0.394. The van der Waals surface area contributed by atoms with E-state index in [1.54, 1.807) is 36.4 Å². The lowest BCUT2D eigenvalue weighted by Gasteiger charge is -2.15. The molecule has 168 valence electrons. The number of rotatable bonds is 8. The molecule has 0 aliphatic carbocycles. The molecule has 0 saturated carbocycles. The summed E-state index contributed by atoms with van der Waals surface area (Å²) in [5.74, 6) is -1.71. The minimum atomic E-state index is -1.22. The number of carbonyl (C=O) groups is 3. The lowest BCUT2D eigenvalue weighted by molar-refractivity contribution is -0.141. The third-order valence-corrected chi connectivity index (χ3v) is 4.90. The summed E-state index contributed by atoms with van der Waals surface area (Å²) < 4.78 is 0. The zero-order valence-corrected chi connectivity index (χ0v) is 18.3. The number of amides is 2. The normalized spacial score (nSPS) is 13.5. The van der Waals surface area contributed by atoms with Crippen LogP contribution in [0.15, 0.2) is 47.5 Å². The largest absolute Gasteiger partial charge is 0.480 e. The van der Waals surface area contributed by atoms with Gasteiger partial charge in [0.25, 0.3) is 5.91 Å². The second-order valence-corrected chi connectivity index (χ2v) is 7.86. The van der Waals surface area contributed by atoms with Gasteiger partial charge < -0.3 is 26.4 Å². The number of aliphatic imine (C=N–C) groups is 1. The number of carbonyl (C=O) groups excluding carboxylic acids is 2. The fourth-order valence-electron chi connectivity index (χ4n) is 3.03. The van der Waals surface area contributed by atoms with Crippen molar-refractivity contribution in [3.63, 3.8) is 0 Å². The molecule has 0 radical (unpaired) electrons. The van der Waals surface area contributed by atoms with Crippen molar-refractivity contribution in [2.24, 2.45) is 4.99 Å². The SMILES string of the molecule is O=C(CNC(=O)c1cccc(NC2=NCCN2)c1)NC(Cc1cc(Cl)cc(Cl)c1)C(=O)O. The van der Waals surface area contributed by atoms with Gasteiger partial charge in [-0.15, -0.1) is 0 Å². The summed E-state index contributed by atoms with van der Waals surface area (Å²) >= 11 is 11.9. The van der Waals surface area contributed by atoms with E-state index in [4.69, 9.17) is 23.2 Å². The van der Waals surface area contributed by atoms with Gasteiger partial charge in [-0.3, -0.25) is 14.6 Å². The molecular formula is C21H21Cl2N5O4. The summed E-state index contributed by atoms with van der Waals surface area (Å²) in [6, 6.07) is 10.2. The van der Waals surface area contributed by atoms with Gasteiger partial charge in [-0.1, -0.05) is 29.3 Å². The van der Waals surface area contributed by atoms with E-state index in [-0.39, 0.29) is 13.0 Å². The van der Waals surface area contributed by atoms with Gasteiger partial charge in [0.05, 0.1) is 13.1 Å². The Kier molecular flexibility index (Phi) is 7.91. The van der Waals surface area contributed by atoms with Crippen LogP contribution in [0.25, 0.3) is 0 Å². The summed E-state index contributed by atoms with van der Waals surface area (Å²) in [4.78, 5) is 40.4. The van der Waals surface area contributed by atoms with Gasteiger partial charge in [0, 0.05) is 34.3 Å². The first-order valence-corrected chi connectivity index (χ1v) is 10.5. The fourth-order valence-corrected chi connectivity index (χ4v) is 3.60. The van der Waals surface area contributed by atoms with Crippen molar-refractivity contribution >= 4 is 52.6 Å².